The second kappa shape index (κ2) is 4.68. The van der Waals surface area contributed by atoms with Crippen molar-refractivity contribution in [3.63, 3.8) is 0 Å². The Bertz CT molecular complexity index is 134. The van der Waals surface area contributed by atoms with E-state index >= 15 is 0 Å². The summed E-state index contributed by atoms with van der Waals surface area (Å²) in [6.07, 6.45) is 0. The molecule has 0 aliphatic carbocycles. The van der Waals surface area contributed by atoms with Crippen LogP contribution in [0.3, 0.4) is 0 Å². The summed E-state index contributed by atoms with van der Waals surface area (Å²) in [7, 11) is -4.17. The van der Waals surface area contributed by atoms with E-state index in [0.29, 0.717) is 0 Å². The molecule has 0 unspecified atom stereocenters. The zero-order valence-corrected chi connectivity index (χ0v) is 7.14. The van der Waals surface area contributed by atoms with Crippen LogP contribution in [0.1, 0.15) is 1.43 Å². The van der Waals surface area contributed by atoms with E-state index in [1.165, 1.54) is 4.72 Å². The molecule has 3 N–H and O–H groups in total. The summed E-state index contributed by atoms with van der Waals surface area (Å²) in [5.41, 5.74) is 0. The predicted molar refractivity (Wildman–Crippen MR) is 22.9 cm³/mol. The van der Waals surface area contributed by atoms with Gasteiger partial charge < -0.3 is 6.53 Å². The summed E-state index contributed by atoms with van der Waals surface area (Å²) in [5, 5.41) is 7.75. The molecule has 0 heterocycles. The summed E-state index contributed by atoms with van der Waals surface area (Å²) in [5.74, 6) is 0. The van der Waals surface area contributed by atoms with Crippen molar-refractivity contribution in [2.24, 2.45) is 0 Å². The van der Waals surface area contributed by atoms with Crippen LogP contribution in [-0.2, 0) is 10.3 Å². The van der Waals surface area contributed by atoms with Gasteiger partial charge in [0.2, 0.25) is 0 Å². The molecule has 8 heavy (non-hydrogen) atoms. The van der Waals surface area contributed by atoms with Gasteiger partial charge in [0.1, 0.15) is 6.73 Å². The Morgan fingerprint density at radius 1 is 1.62 bits per heavy atom. The molecule has 0 saturated carbocycles. The average molecular weight is 151 g/mol. The largest absolute Gasteiger partial charge is 1.00 e. The van der Waals surface area contributed by atoms with Crippen LogP contribution < -0.4 is 34.3 Å². The first-order valence-electron chi connectivity index (χ1n) is 1.39. The first-order valence-corrected chi connectivity index (χ1v) is 2.83. The molecule has 0 aliphatic heterocycles. The van der Waals surface area contributed by atoms with Crippen molar-refractivity contribution >= 4 is 10.3 Å². The Balaban J connectivity index is -0.000000180. The zero-order chi connectivity index (χ0) is 5.91. The fourth-order valence-electron chi connectivity index (χ4n) is 0.0816. The van der Waals surface area contributed by atoms with E-state index in [-0.39, 0.29) is 31.0 Å². The van der Waals surface area contributed by atoms with Gasteiger partial charge in [0.15, 0.2) is 0 Å². The van der Waals surface area contributed by atoms with E-state index in [1.807, 2.05) is 0 Å². The smallest absolute Gasteiger partial charge is 1.00 e. The predicted octanol–water partition coefficient (Wildman–Crippen LogP) is -4.55. The number of aliphatic hydroxyl groups excluding tert-OH is 1. The van der Waals surface area contributed by atoms with Crippen molar-refractivity contribution in [2.75, 3.05) is 6.73 Å². The van der Waals surface area contributed by atoms with Crippen LogP contribution in [0, 0.1) is 0 Å². The minimum absolute atomic E-state index is 0. The average Bonchev–Trinajstić information content (AvgIpc) is 1.30. The monoisotopic (exact) mass is 151 g/mol. The number of hydrogen-bond donors (Lipinski definition) is 3. The van der Waals surface area contributed by atoms with E-state index in [4.69, 9.17) is 9.66 Å². The van der Waals surface area contributed by atoms with Crippen molar-refractivity contribution < 1.29 is 49.1 Å². The summed E-state index contributed by atoms with van der Waals surface area (Å²) >= 11 is 0. The van der Waals surface area contributed by atoms with Crippen LogP contribution >= 0.6 is 0 Å². The van der Waals surface area contributed by atoms with Gasteiger partial charge in [-0.05, 0) is 0 Å². The fraction of sp³-hybridized carbons (Fsp3) is 1.00. The second-order valence-corrected chi connectivity index (χ2v) is 2.02. The van der Waals surface area contributed by atoms with Gasteiger partial charge in [-0.3, -0.25) is 4.55 Å². The summed E-state index contributed by atoms with van der Waals surface area (Å²) in [6.45, 7) is -0.779. The van der Waals surface area contributed by atoms with Crippen molar-refractivity contribution in [1.29, 1.82) is 0 Å². The molecule has 0 aromatic rings. The Labute approximate surface area is 70.7 Å². The van der Waals surface area contributed by atoms with E-state index in [2.05, 4.69) is 0 Å². The fourth-order valence-corrected chi connectivity index (χ4v) is 0.245. The summed E-state index contributed by atoms with van der Waals surface area (Å²) in [6, 6.07) is 0. The van der Waals surface area contributed by atoms with E-state index < -0.39 is 17.0 Å². The van der Waals surface area contributed by atoms with Gasteiger partial charge in [0.05, 0.1) is 0 Å². The van der Waals surface area contributed by atoms with Crippen LogP contribution in [-0.4, -0.2) is 24.8 Å². The third-order valence-corrected chi connectivity index (χ3v) is 0.741. The Kier molecular flexibility index (Phi) is 6.80. The molecular weight excluding hydrogens is 145 g/mol. The summed E-state index contributed by atoms with van der Waals surface area (Å²) < 4.78 is 28.1. The Morgan fingerprint density at radius 2 is 2.00 bits per heavy atom. The SMILES string of the molecule is O=S(=O)(O)NCO.[H-].[Na+]. The molecule has 0 spiro atoms. The Hall–Kier alpha value is 0.830. The van der Waals surface area contributed by atoms with Gasteiger partial charge in [0.25, 0.3) is 0 Å². The molecule has 0 rings (SSSR count). The molecule has 0 aromatic carbocycles. The van der Waals surface area contributed by atoms with Gasteiger partial charge in [-0.2, -0.15) is 13.1 Å². The standard InChI is InChI=1S/CH5NO4S.Na.H/c3-1-2-7(4,5)6;;/h2-3H,1H2,(H,4,5,6);;/q;+1;-1. The van der Waals surface area contributed by atoms with E-state index in [0.717, 1.165) is 0 Å². The van der Waals surface area contributed by atoms with Crippen LogP contribution in [0.5, 0.6) is 0 Å². The molecule has 0 amide bonds. The molecule has 0 aromatic heterocycles. The number of aliphatic hydroxyl groups is 1. The van der Waals surface area contributed by atoms with Crippen LogP contribution in [0.15, 0.2) is 0 Å². The Morgan fingerprint density at radius 3 is 2.00 bits per heavy atom. The van der Waals surface area contributed by atoms with Crippen molar-refractivity contribution in [3.8, 4) is 0 Å². The van der Waals surface area contributed by atoms with Crippen LogP contribution in [0.4, 0.5) is 0 Å². The number of rotatable bonds is 2. The normalized spacial score (nSPS) is 10.2. The number of nitrogens with one attached hydrogen (secondary N) is 1. The van der Waals surface area contributed by atoms with E-state index in [9.17, 15) is 8.42 Å². The third kappa shape index (κ3) is 9.95. The zero-order valence-electron chi connectivity index (χ0n) is 5.33. The minimum Gasteiger partial charge on any atom is -1.00 e. The molecule has 7 heteroatoms. The van der Waals surface area contributed by atoms with Crippen molar-refractivity contribution in [2.45, 2.75) is 0 Å². The molecule has 0 fully saturated rings. The molecule has 0 radical (unpaired) electrons. The first-order chi connectivity index (χ1) is 3.06. The topological polar surface area (TPSA) is 86.6 Å². The molecule has 5 nitrogen and oxygen atoms in total. The molecule has 0 atom stereocenters. The minimum atomic E-state index is -4.17. The van der Waals surface area contributed by atoms with Crippen LogP contribution in [0.2, 0.25) is 0 Å². The van der Waals surface area contributed by atoms with Gasteiger partial charge in [-0.15, -0.1) is 0 Å². The van der Waals surface area contributed by atoms with Crippen molar-refractivity contribution in [1.82, 2.24) is 4.72 Å². The van der Waals surface area contributed by atoms with Crippen LogP contribution in [0.25, 0.3) is 0 Å². The van der Waals surface area contributed by atoms with Crippen molar-refractivity contribution in [3.05, 3.63) is 0 Å². The molecular formula is CH6NNaO4S. The summed E-state index contributed by atoms with van der Waals surface area (Å²) in [4.78, 5) is 0. The van der Waals surface area contributed by atoms with Gasteiger partial charge >= 0.3 is 39.9 Å². The second-order valence-electron chi connectivity index (χ2n) is 0.778. The van der Waals surface area contributed by atoms with Gasteiger partial charge in [-0.25, -0.2) is 0 Å². The molecule has 0 aliphatic rings. The maximum absolute atomic E-state index is 9.52. The van der Waals surface area contributed by atoms with Gasteiger partial charge in [-0.1, -0.05) is 0 Å². The third-order valence-electron chi connectivity index (χ3n) is 0.247. The molecule has 0 bridgehead atoms. The van der Waals surface area contributed by atoms with E-state index in [1.54, 1.807) is 0 Å². The maximum Gasteiger partial charge on any atom is 1.00 e. The molecule has 46 valence electrons. The maximum atomic E-state index is 9.52. The first kappa shape index (κ1) is 11.6. The number of hydrogen-bond acceptors (Lipinski definition) is 3. The van der Waals surface area contributed by atoms with Gasteiger partial charge in [0, 0.05) is 0 Å². The quantitative estimate of drug-likeness (QED) is 0.211. The molecule has 0 saturated heterocycles.